The van der Waals surface area contributed by atoms with Crippen LogP contribution in [0.2, 0.25) is 5.02 Å². The van der Waals surface area contributed by atoms with Crippen LogP contribution < -0.4 is 9.47 Å². The summed E-state index contributed by atoms with van der Waals surface area (Å²) >= 11 is 5.83. The summed E-state index contributed by atoms with van der Waals surface area (Å²) in [6, 6.07) is 8.49. The highest BCUT2D eigenvalue weighted by Gasteiger charge is 2.12. The van der Waals surface area contributed by atoms with Crippen molar-refractivity contribution in [3.05, 3.63) is 46.9 Å². The van der Waals surface area contributed by atoms with Gasteiger partial charge in [-0.2, -0.15) is 4.98 Å². The van der Waals surface area contributed by atoms with Gasteiger partial charge in [-0.1, -0.05) is 11.6 Å². The van der Waals surface area contributed by atoms with Gasteiger partial charge in [0.05, 0.1) is 12.3 Å². The van der Waals surface area contributed by atoms with Crippen molar-refractivity contribution in [3.8, 4) is 11.6 Å². The number of carbonyl (C=O) groups is 1. The Hall–Kier alpha value is -2.38. The van der Waals surface area contributed by atoms with Crippen molar-refractivity contribution in [2.24, 2.45) is 0 Å². The molecule has 0 bridgehead atoms. The van der Waals surface area contributed by atoms with Gasteiger partial charge in [0.1, 0.15) is 12.4 Å². The third kappa shape index (κ3) is 5.36. The molecule has 0 atom stereocenters. The largest absolute Gasteiger partial charge is 0.486 e. The molecule has 2 rings (SSSR count). The molecule has 0 spiro atoms. The van der Waals surface area contributed by atoms with Crippen LogP contribution in [0.5, 0.6) is 11.6 Å². The molecule has 0 radical (unpaired) electrons. The van der Waals surface area contributed by atoms with Gasteiger partial charge in [-0.15, -0.1) is 0 Å². The molecule has 0 unspecified atom stereocenters. The Morgan fingerprint density at radius 2 is 1.88 bits per heavy atom. The molecule has 1 heterocycles. The summed E-state index contributed by atoms with van der Waals surface area (Å²) in [7, 11) is 4.73. The van der Waals surface area contributed by atoms with E-state index in [9.17, 15) is 4.79 Å². The van der Waals surface area contributed by atoms with E-state index >= 15 is 0 Å². The molecule has 7 nitrogen and oxygen atoms in total. The van der Waals surface area contributed by atoms with Gasteiger partial charge >= 0.3 is 6.09 Å². The van der Waals surface area contributed by atoms with E-state index in [1.807, 2.05) is 0 Å². The first-order valence-corrected chi connectivity index (χ1v) is 7.49. The summed E-state index contributed by atoms with van der Waals surface area (Å²) in [6.45, 7) is 0.384. The molecule has 24 heavy (non-hydrogen) atoms. The number of ether oxygens (including phenoxy) is 3. The Morgan fingerprint density at radius 3 is 2.50 bits per heavy atom. The second-order valence-electron chi connectivity index (χ2n) is 5.05. The third-order valence-electron chi connectivity index (χ3n) is 2.83. The van der Waals surface area contributed by atoms with Crippen LogP contribution in [-0.4, -0.2) is 42.2 Å². The predicted octanol–water partition coefficient (Wildman–Crippen LogP) is 2.92. The number of benzene rings is 1. The summed E-state index contributed by atoms with van der Waals surface area (Å²) in [4.78, 5) is 21.5. The minimum Gasteiger partial charge on any atom is -0.486 e. The molecule has 0 saturated heterocycles. The van der Waals surface area contributed by atoms with E-state index in [-0.39, 0.29) is 19.1 Å². The number of nitrogens with zero attached hydrogens (tertiary/aromatic N) is 3. The Kier molecular flexibility index (Phi) is 6.34. The minimum atomic E-state index is -0.526. The van der Waals surface area contributed by atoms with Gasteiger partial charge in [0.25, 0.3) is 0 Å². The number of carbonyl (C=O) groups excluding carboxylic acids is 1. The normalized spacial score (nSPS) is 10.3. The second kappa shape index (κ2) is 8.47. The molecule has 0 saturated carbocycles. The van der Waals surface area contributed by atoms with Crippen molar-refractivity contribution in [3.63, 3.8) is 0 Å². The Labute approximate surface area is 145 Å². The molecule has 0 aliphatic rings. The number of amides is 1. The van der Waals surface area contributed by atoms with E-state index in [0.717, 1.165) is 0 Å². The van der Waals surface area contributed by atoms with Gasteiger partial charge in [-0.25, -0.2) is 9.78 Å². The number of rotatable bonds is 6. The topological polar surface area (TPSA) is 73.8 Å². The Balaban J connectivity index is 2.13. The molecular formula is C16H18ClN3O4. The van der Waals surface area contributed by atoms with Crippen LogP contribution in [0.4, 0.5) is 4.79 Å². The van der Waals surface area contributed by atoms with Gasteiger partial charge in [0.15, 0.2) is 5.82 Å². The third-order valence-corrected chi connectivity index (χ3v) is 3.08. The molecule has 8 heteroatoms. The average Bonchev–Trinajstić information content (AvgIpc) is 2.54. The lowest BCUT2D eigenvalue weighted by molar-refractivity contribution is 0.167. The number of aromatic nitrogens is 2. The van der Waals surface area contributed by atoms with Gasteiger partial charge in [-0.3, -0.25) is 0 Å². The molecule has 1 aromatic carbocycles. The molecule has 128 valence electrons. The molecule has 0 aliphatic carbocycles. The van der Waals surface area contributed by atoms with E-state index in [4.69, 9.17) is 25.8 Å². The maximum absolute atomic E-state index is 11.7. The van der Waals surface area contributed by atoms with E-state index in [0.29, 0.717) is 22.3 Å². The molecule has 0 fully saturated rings. The number of halogens is 1. The zero-order chi connectivity index (χ0) is 17.5. The molecule has 0 N–H and O–H groups in total. The van der Waals surface area contributed by atoms with Gasteiger partial charge in [0, 0.05) is 32.3 Å². The highest BCUT2D eigenvalue weighted by atomic mass is 35.5. The lowest BCUT2D eigenvalue weighted by Gasteiger charge is -2.12. The highest BCUT2D eigenvalue weighted by Crippen LogP contribution is 2.17. The second-order valence-corrected chi connectivity index (χ2v) is 5.49. The van der Waals surface area contributed by atoms with Crippen LogP contribution in [0, 0.1) is 0 Å². The fourth-order valence-corrected chi connectivity index (χ4v) is 1.85. The van der Waals surface area contributed by atoms with Crippen LogP contribution >= 0.6 is 11.6 Å². The van der Waals surface area contributed by atoms with E-state index in [1.54, 1.807) is 51.5 Å². The van der Waals surface area contributed by atoms with Crippen molar-refractivity contribution in [2.45, 2.75) is 13.2 Å². The summed E-state index contributed by atoms with van der Waals surface area (Å²) in [5, 5.41) is 0.624. The highest BCUT2D eigenvalue weighted by molar-refractivity contribution is 6.30. The van der Waals surface area contributed by atoms with Crippen molar-refractivity contribution in [1.29, 1.82) is 0 Å². The van der Waals surface area contributed by atoms with Crippen LogP contribution in [0.3, 0.4) is 0 Å². The predicted molar refractivity (Wildman–Crippen MR) is 88.2 cm³/mol. The number of methoxy groups -OCH3 is 1. The first kappa shape index (κ1) is 18.0. The van der Waals surface area contributed by atoms with Crippen molar-refractivity contribution < 1.29 is 19.0 Å². The molecule has 2 aromatic rings. The van der Waals surface area contributed by atoms with E-state index in [2.05, 4.69) is 9.97 Å². The monoisotopic (exact) mass is 351 g/mol. The first-order chi connectivity index (χ1) is 11.5. The van der Waals surface area contributed by atoms with Gasteiger partial charge in [0.2, 0.25) is 5.88 Å². The van der Waals surface area contributed by atoms with E-state index < -0.39 is 6.09 Å². The number of hydrogen-bond acceptors (Lipinski definition) is 6. The molecule has 1 amide bonds. The summed E-state index contributed by atoms with van der Waals surface area (Å²) in [5.74, 6) is 1.15. The first-order valence-electron chi connectivity index (χ1n) is 7.11. The minimum absolute atomic E-state index is 0.117. The number of hydrogen-bond donors (Lipinski definition) is 0. The molecular weight excluding hydrogens is 334 g/mol. The van der Waals surface area contributed by atoms with E-state index in [1.165, 1.54) is 4.90 Å². The zero-order valence-corrected chi connectivity index (χ0v) is 14.4. The standard InChI is InChI=1S/C16H18ClN3O4/c1-20(2)16(21)24-15-8-12(9-22-3)18-14(19-15)10-23-13-6-4-11(17)5-7-13/h4-8H,9-10H2,1-3H3. The lowest BCUT2D eigenvalue weighted by atomic mass is 10.3. The lowest BCUT2D eigenvalue weighted by Crippen LogP contribution is -2.26. The summed E-state index contributed by atoms with van der Waals surface area (Å²) in [6.07, 6.45) is -0.526. The van der Waals surface area contributed by atoms with Crippen molar-refractivity contribution in [1.82, 2.24) is 14.9 Å². The van der Waals surface area contributed by atoms with Crippen molar-refractivity contribution >= 4 is 17.7 Å². The fraction of sp³-hybridized carbons (Fsp3) is 0.312. The quantitative estimate of drug-likeness (QED) is 0.796. The van der Waals surface area contributed by atoms with Crippen LogP contribution in [-0.2, 0) is 18.0 Å². The molecule has 0 aliphatic heterocycles. The van der Waals surface area contributed by atoms with Crippen LogP contribution in [0.15, 0.2) is 30.3 Å². The van der Waals surface area contributed by atoms with Gasteiger partial charge < -0.3 is 19.1 Å². The van der Waals surface area contributed by atoms with Crippen LogP contribution in [0.25, 0.3) is 0 Å². The maximum atomic E-state index is 11.7. The summed E-state index contributed by atoms with van der Waals surface area (Å²) in [5.41, 5.74) is 0.587. The Morgan fingerprint density at radius 1 is 1.17 bits per heavy atom. The van der Waals surface area contributed by atoms with Crippen LogP contribution in [0.1, 0.15) is 11.5 Å². The fourth-order valence-electron chi connectivity index (χ4n) is 1.72. The van der Waals surface area contributed by atoms with Crippen molar-refractivity contribution in [2.75, 3.05) is 21.2 Å². The van der Waals surface area contributed by atoms with Gasteiger partial charge in [-0.05, 0) is 24.3 Å². The summed E-state index contributed by atoms with van der Waals surface area (Å²) < 4.78 is 15.9. The zero-order valence-electron chi connectivity index (χ0n) is 13.7. The molecule has 1 aromatic heterocycles. The average molecular weight is 352 g/mol. The maximum Gasteiger partial charge on any atom is 0.416 e. The Bertz CT molecular complexity index is 692. The SMILES string of the molecule is COCc1cc(OC(=O)N(C)C)nc(COc2ccc(Cl)cc2)n1. The smallest absolute Gasteiger partial charge is 0.416 e.